The Morgan fingerprint density at radius 1 is 1.00 bits per heavy atom. The molecule has 0 aromatic heterocycles. The SMILES string of the molecule is Cc1cccc(N2C(=O)CC(c3ccc(C(C)C)cc3)C3=C2CCCC3=O)c1. The van der Waals surface area contributed by atoms with Crippen molar-refractivity contribution in [2.45, 2.75) is 58.3 Å². The number of benzene rings is 2. The second kappa shape index (κ2) is 7.38. The zero-order valence-corrected chi connectivity index (χ0v) is 16.9. The van der Waals surface area contributed by atoms with E-state index in [9.17, 15) is 9.59 Å². The highest BCUT2D eigenvalue weighted by Crippen LogP contribution is 2.43. The standard InChI is InChI=1S/C25H27NO2/c1-16(2)18-10-12-19(13-11-18)21-15-24(28)26(20-7-4-6-17(3)14-20)22-8-5-9-23(27)25(21)22/h4,6-7,10-14,16,21H,5,8-9,15H2,1-3H3. The fourth-order valence-corrected chi connectivity index (χ4v) is 4.46. The summed E-state index contributed by atoms with van der Waals surface area (Å²) >= 11 is 0. The van der Waals surface area contributed by atoms with Crippen LogP contribution in [-0.2, 0) is 9.59 Å². The lowest BCUT2D eigenvalue weighted by Crippen LogP contribution is -2.40. The second-order valence-electron chi connectivity index (χ2n) is 8.28. The molecule has 3 heteroatoms. The number of amides is 1. The van der Waals surface area contributed by atoms with E-state index in [1.807, 2.05) is 31.2 Å². The van der Waals surface area contributed by atoms with E-state index in [-0.39, 0.29) is 17.6 Å². The van der Waals surface area contributed by atoms with Crippen molar-refractivity contribution in [3.8, 4) is 0 Å². The molecule has 1 aliphatic heterocycles. The highest BCUT2D eigenvalue weighted by Gasteiger charge is 2.39. The third-order valence-corrected chi connectivity index (χ3v) is 5.94. The molecule has 1 unspecified atom stereocenters. The zero-order chi connectivity index (χ0) is 19.8. The van der Waals surface area contributed by atoms with Crippen molar-refractivity contribution < 1.29 is 9.59 Å². The number of ketones is 1. The lowest BCUT2D eigenvalue weighted by Gasteiger charge is -2.38. The summed E-state index contributed by atoms with van der Waals surface area (Å²) in [6, 6.07) is 16.4. The minimum atomic E-state index is -0.127. The second-order valence-corrected chi connectivity index (χ2v) is 8.28. The summed E-state index contributed by atoms with van der Waals surface area (Å²) in [6.07, 6.45) is 2.52. The van der Waals surface area contributed by atoms with Crippen molar-refractivity contribution in [3.05, 3.63) is 76.5 Å². The number of hydrogen-bond acceptors (Lipinski definition) is 2. The summed E-state index contributed by atoms with van der Waals surface area (Å²) in [7, 11) is 0. The lowest BCUT2D eigenvalue weighted by molar-refractivity contribution is -0.119. The maximum absolute atomic E-state index is 13.2. The summed E-state index contributed by atoms with van der Waals surface area (Å²) in [4.78, 5) is 28.0. The number of aryl methyl sites for hydroxylation is 1. The van der Waals surface area contributed by atoms with Gasteiger partial charge in [0.05, 0.1) is 0 Å². The maximum Gasteiger partial charge on any atom is 0.232 e. The van der Waals surface area contributed by atoms with Crippen molar-refractivity contribution in [2.75, 3.05) is 4.90 Å². The molecule has 0 radical (unpaired) electrons. The van der Waals surface area contributed by atoms with E-state index in [1.165, 1.54) is 5.56 Å². The first-order valence-electron chi connectivity index (χ1n) is 10.2. The zero-order valence-electron chi connectivity index (χ0n) is 16.9. The number of allylic oxidation sites excluding steroid dienone is 2. The maximum atomic E-state index is 13.2. The van der Waals surface area contributed by atoms with Crippen LogP contribution in [0, 0.1) is 6.92 Å². The monoisotopic (exact) mass is 373 g/mol. The summed E-state index contributed by atoms with van der Waals surface area (Å²) in [5.41, 5.74) is 6.10. The molecule has 0 saturated carbocycles. The Morgan fingerprint density at radius 3 is 2.43 bits per heavy atom. The van der Waals surface area contributed by atoms with Gasteiger partial charge >= 0.3 is 0 Å². The van der Waals surface area contributed by atoms with Crippen LogP contribution in [0.15, 0.2) is 59.8 Å². The molecule has 144 valence electrons. The van der Waals surface area contributed by atoms with Gasteiger partial charge in [0.1, 0.15) is 0 Å². The predicted molar refractivity (Wildman–Crippen MR) is 112 cm³/mol. The van der Waals surface area contributed by atoms with Gasteiger partial charge in [0.15, 0.2) is 5.78 Å². The Kier molecular flexibility index (Phi) is 4.92. The number of carbonyl (C=O) groups excluding carboxylic acids is 2. The van der Waals surface area contributed by atoms with E-state index in [0.717, 1.165) is 40.9 Å². The van der Waals surface area contributed by atoms with E-state index in [4.69, 9.17) is 0 Å². The van der Waals surface area contributed by atoms with E-state index < -0.39 is 0 Å². The molecule has 2 aliphatic rings. The van der Waals surface area contributed by atoms with Crippen molar-refractivity contribution in [1.82, 2.24) is 0 Å². The van der Waals surface area contributed by atoms with Gasteiger partial charge in [-0.1, -0.05) is 50.2 Å². The summed E-state index contributed by atoms with van der Waals surface area (Å²) in [5.74, 6) is 0.615. The Bertz CT molecular complexity index is 953. The first kappa shape index (κ1) is 18.7. The van der Waals surface area contributed by atoms with E-state index in [0.29, 0.717) is 18.8 Å². The molecule has 1 amide bonds. The van der Waals surface area contributed by atoms with E-state index in [2.05, 4.69) is 38.1 Å². The molecule has 2 aromatic rings. The molecule has 0 spiro atoms. The largest absolute Gasteiger partial charge is 0.294 e. The van der Waals surface area contributed by atoms with E-state index >= 15 is 0 Å². The highest BCUT2D eigenvalue weighted by molar-refractivity contribution is 6.07. The van der Waals surface area contributed by atoms with Crippen molar-refractivity contribution in [1.29, 1.82) is 0 Å². The summed E-state index contributed by atoms with van der Waals surface area (Å²) in [6.45, 7) is 6.37. The Balaban J connectivity index is 1.81. The Morgan fingerprint density at radius 2 is 1.75 bits per heavy atom. The van der Waals surface area contributed by atoms with Gasteiger partial charge in [0, 0.05) is 35.7 Å². The number of hydrogen-bond donors (Lipinski definition) is 0. The van der Waals surface area contributed by atoms with Gasteiger partial charge in [-0.25, -0.2) is 0 Å². The van der Waals surface area contributed by atoms with Gasteiger partial charge < -0.3 is 0 Å². The van der Waals surface area contributed by atoms with Gasteiger partial charge in [-0.3, -0.25) is 14.5 Å². The predicted octanol–water partition coefficient (Wildman–Crippen LogP) is 5.65. The molecule has 0 fully saturated rings. The molecular weight excluding hydrogens is 346 g/mol. The lowest BCUT2D eigenvalue weighted by atomic mass is 9.77. The Labute approximate surface area is 167 Å². The first-order chi connectivity index (χ1) is 13.5. The van der Waals surface area contributed by atoms with Crippen LogP contribution in [0.2, 0.25) is 0 Å². The van der Waals surface area contributed by atoms with Gasteiger partial charge in [0.25, 0.3) is 0 Å². The minimum absolute atomic E-state index is 0.0805. The van der Waals surface area contributed by atoms with Crippen LogP contribution in [0.1, 0.15) is 68.1 Å². The van der Waals surface area contributed by atoms with Crippen LogP contribution in [-0.4, -0.2) is 11.7 Å². The molecule has 3 nitrogen and oxygen atoms in total. The molecule has 2 aromatic carbocycles. The number of nitrogens with zero attached hydrogens (tertiary/aromatic N) is 1. The minimum Gasteiger partial charge on any atom is -0.294 e. The fourth-order valence-electron chi connectivity index (χ4n) is 4.46. The molecule has 1 aliphatic carbocycles. The molecular formula is C25H27NO2. The number of carbonyl (C=O) groups is 2. The average Bonchev–Trinajstić information content (AvgIpc) is 2.67. The van der Waals surface area contributed by atoms with Crippen LogP contribution in [0.3, 0.4) is 0 Å². The third kappa shape index (κ3) is 3.30. The van der Waals surface area contributed by atoms with Crippen LogP contribution in [0.4, 0.5) is 5.69 Å². The molecule has 28 heavy (non-hydrogen) atoms. The molecule has 0 N–H and O–H groups in total. The highest BCUT2D eigenvalue weighted by atomic mass is 16.2. The van der Waals surface area contributed by atoms with Crippen molar-refractivity contribution in [2.24, 2.45) is 0 Å². The number of rotatable bonds is 3. The first-order valence-corrected chi connectivity index (χ1v) is 10.2. The summed E-state index contributed by atoms with van der Waals surface area (Å²) < 4.78 is 0. The summed E-state index contributed by atoms with van der Waals surface area (Å²) in [5, 5.41) is 0. The van der Waals surface area contributed by atoms with Crippen molar-refractivity contribution >= 4 is 17.4 Å². The van der Waals surface area contributed by atoms with Crippen LogP contribution in [0.25, 0.3) is 0 Å². The molecule has 1 atom stereocenters. The van der Waals surface area contributed by atoms with Gasteiger partial charge in [-0.05, 0) is 54.5 Å². The van der Waals surface area contributed by atoms with E-state index in [1.54, 1.807) is 4.90 Å². The van der Waals surface area contributed by atoms with Crippen molar-refractivity contribution in [3.63, 3.8) is 0 Å². The molecule has 0 bridgehead atoms. The van der Waals surface area contributed by atoms with Gasteiger partial charge in [-0.2, -0.15) is 0 Å². The van der Waals surface area contributed by atoms with Crippen LogP contribution >= 0.6 is 0 Å². The van der Waals surface area contributed by atoms with Gasteiger partial charge in [0.2, 0.25) is 5.91 Å². The molecule has 0 saturated heterocycles. The quantitative estimate of drug-likeness (QED) is 0.697. The smallest absolute Gasteiger partial charge is 0.232 e. The van der Waals surface area contributed by atoms with Crippen LogP contribution < -0.4 is 4.90 Å². The Hall–Kier alpha value is -2.68. The topological polar surface area (TPSA) is 37.4 Å². The molecule has 1 heterocycles. The number of Topliss-reactive ketones (excluding diaryl/α,β-unsaturated/α-hetero) is 1. The van der Waals surface area contributed by atoms with Crippen LogP contribution in [0.5, 0.6) is 0 Å². The molecule has 4 rings (SSSR count). The number of anilines is 1. The average molecular weight is 373 g/mol. The fraction of sp³-hybridized carbons (Fsp3) is 0.360. The normalized spacial score (nSPS) is 20.0. The van der Waals surface area contributed by atoms with Gasteiger partial charge in [-0.15, -0.1) is 0 Å². The third-order valence-electron chi connectivity index (χ3n) is 5.94.